The molecule has 0 spiro atoms. The average Bonchev–Trinajstić information content (AvgIpc) is 3.00. The molecule has 2 fully saturated rings. The van der Waals surface area contributed by atoms with E-state index in [4.69, 9.17) is 20.2 Å². The van der Waals surface area contributed by atoms with E-state index < -0.39 is 112 Å². The van der Waals surface area contributed by atoms with Crippen molar-refractivity contribution in [1.29, 1.82) is 0 Å². The number of aliphatic hydroxyl groups excluding tert-OH is 8. The Morgan fingerprint density at radius 1 is 0.932 bits per heavy atom. The fourth-order valence-corrected chi connectivity index (χ4v) is 6.18. The molecular weight excluding hydrogens is 705 g/mol. The van der Waals surface area contributed by atoms with Crippen LogP contribution in [0, 0.1) is 0 Å². The Kier molecular flexibility index (Phi) is 10.5. The number of rotatable bonds is 8. The molecule has 1 aromatic carbocycles. The van der Waals surface area contributed by atoms with Crippen molar-refractivity contribution in [2.45, 2.75) is 64.5 Å². The summed E-state index contributed by atoms with van der Waals surface area (Å²) < 4.78 is 10.2. The monoisotopic (exact) mass is 737 g/mol. The van der Waals surface area contributed by atoms with Crippen LogP contribution in [0.4, 0.5) is 0 Å². The van der Waals surface area contributed by atoms with Gasteiger partial charge in [-0.1, -0.05) is 40.8 Å². The van der Waals surface area contributed by atoms with E-state index in [1.165, 1.54) is 30.3 Å². The number of hydrogen-bond acceptors (Lipinski definition) is 16. The highest BCUT2D eigenvalue weighted by atomic mass is 127. The van der Waals surface area contributed by atoms with Crippen molar-refractivity contribution in [2.75, 3.05) is 13.2 Å². The van der Waals surface area contributed by atoms with Gasteiger partial charge in [0.2, 0.25) is 11.4 Å². The minimum atomic E-state index is -3.28. The molecule has 2 saturated heterocycles. The first-order valence-corrected chi connectivity index (χ1v) is 14.4. The third kappa shape index (κ3) is 5.79. The van der Waals surface area contributed by atoms with Crippen molar-refractivity contribution >= 4 is 40.2 Å². The number of benzene rings is 1. The van der Waals surface area contributed by atoms with E-state index >= 15 is 0 Å². The topological polar surface area (TPSA) is 290 Å². The van der Waals surface area contributed by atoms with Crippen LogP contribution in [-0.4, -0.2) is 140 Å². The van der Waals surface area contributed by atoms with E-state index in [-0.39, 0.29) is 5.75 Å². The van der Waals surface area contributed by atoms with Crippen molar-refractivity contribution in [3.8, 4) is 5.75 Å². The summed E-state index contributed by atoms with van der Waals surface area (Å²) in [6.07, 6.45) is -15.0. The Morgan fingerprint density at radius 2 is 1.55 bits per heavy atom. The van der Waals surface area contributed by atoms with Gasteiger partial charge in [0.15, 0.2) is 11.5 Å². The second kappa shape index (κ2) is 13.4. The third-order valence-corrected chi connectivity index (χ3v) is 9.32. The summed E-state index contributed by atoms with van der Waals surface area (Å²) in [6, 6.07) is 5.44. The number of alkyl halides is 1. The second-order valence-electron chi connectivity index (χ2n) is 10.4. The molecule has 1 aliphatic carbocycles. The number of halogens is 1. The van der Waals surface area contributed by atoms with Gasteiger partial charge in [-0.15, -0.1) is 0 Å². The number of phenolic OH excluding ortho intramolecular Hbond substituents is 1. The highest BCUT2D eigenvalue weighted by molar-refractivity contribution is 14.1. The number of hydrogen-bond donors (Lipinski definition) is 11. The van der Waals surface area contributed by atoms with Gasteiger partial charge in [0.1, 0.15) is 59.8 Å². The fourth-order valence-electron chi connectivity index (χ4n) is 5.35. The Balaban J connectivity index is 1.93. The van der Waals surface area contributed by atoms with Crippen LogP contribution in [0.1, 0.15) is 5.56 Å². The minimum Gasteiger partial charge on any atom is -0.508 e. The van der Waals surface area contributed by atoms with Crippen LogP contribution in [0.2, 0.25) is 0 Å². The van der Waals surface area contributed by atoms with Crippen molar-refractivity contribution in [2.24, 2.45) is 5.90 Å². The lowest BCUT2D eigenvalue weighted by Gasteiger charge is -2.49. The molecule has 0 amide bonds. The number of phenols is 1. The third-order valence-electron chi connectivity index (χ3n) is 7.78. The molecule has 0 bridgehead atoms. The zero-order valence-electron chi connectivity index (χ0n) is 22.6. The molecule has 2 heterocycles. The predicted octanol–water partition coefficient (Wildman–Crippen LogP) is -3.63. The number of Topliss-reactive ketones (excluding diaryl/α,β-unsaturated/α-hetero) is 1. The smallest absolute Gasteiger partial charge is 0.211 e. The fraction of sp³-hybridized carbons (Fsp3) is 0.481. The van der Waals surface area contributed by atoms with Gasteiger partial charge in [-0.05, 0) is 23.8 Å². The Morgan fingerprint density at radius 3 is 2.11 bits per heavy atom. The number of aliphatic hydroxyl groups is 9. The highest BCUT2D eigenvalue weighted by Gasteiger charge is 2.63. The van der Waals surface area contributed by atoms with E-state index in [0.29, 0.717) is 5.56 Å². The van der Waals surface area contributed by atoms with Gasteiger partial charge in [0, 0.05) is 0 Å². The molecule has 4 rings (SSSR count). The highest BCUT2D eigenvalue weighted by Crippen LogP contribution is 2.46. The quantitative estimate of drug-likeness (QED) is 0.0404. The molecule has 12 N–H and O–H groups in total. The standard InChI is InChI=1S/C27H32INO15/c28-16-12(7-30)43-26(22(39)19(16)36)27(41)24(40)14(11(33)6-3-9-1-4-10(32)5-2-9)18(35)15(25(27)44-29)23-21(38)20(37)17(34)13(8-31)42-23/h1-6,12-13,16-17,19-23,26,30-32,34,36-41H,7-8,29H2/b6-3+/t12-,13-,16-,17-,19+,20+,21-,22-,23?,26?,27?/m1/s1. The maximum atomic E-state index is 13.9. The van der Waals surface area contributed by atoms with Crippen LogP contribution in [0.3, 0.4) is 0 Å². The number of carbonyl (C=O) groups excluding carboxylic acids is 2. The average molecular weight is 737 g/mol. The molecule has 11 atom stereocenters. The van der Waals surface area contributed by atoms with Crippen molar-refractivity contribution < 1.29 is 75.0 Å². The van der Waals surface area contributed by atoms with E-state index in [2.05, 4.69) is 0 Å². The molecule has 44 heavy (non-hydrogen) atoms. The first-order valence-electron chi connectivity index (χ1n) is 13.1. The summed E-state index contributed by atoms with van der Waals surface area (Å²) in [4.78, 5) is 32.2. The zero-order chi connectivity index (χ0) is 32.7. The summed E-state index contributed by atoms with van der Waals surface area (Å²) in [5, 5.41) is 106. The lowest BCUT2D eigenvalue weighted by Crippen LogP contribution is -2.67. The first kappa shape index (κ1) is 34.3. The molecule has 1 aromatic rings. The number of nitrogens with two attached hydrogens (primary N) is 1. The molecule has 16 nitrogen and oxygen atoms in total. The van der Waals surface area contributed by atoms with Gasteiger partial charge in [0.05, 0.1) is 34.9 Å². The van der Waals surface area contributed by atoms with Crippen LogP contribution < -0.4 is 5.90 Å². The number of ketones is 2. The molecule has 3 unspecified atom stereocenters. The van der Waals surface area contributed by atoms with Crippen molar-refractivity contribution in [3.63, 3.8) is 0 Å². The second-order valence-corrected chi connectivity index (χ2v) is 11.9. The van der Waals surface area contributed by atoms with Crippen LogP contribution in [0.25, 0.3) is 6.08 Å². The molecule has 3 aliphatic rings. The molecule has 2 aliphatic heterocycles. The van der Waals surface area contributed by atoms with Crippen molar-refractivity contribution in [3.05, 3.63) is 58.6 Å². The molecule has 0 saturated carbocycles. The summed E-state index contributed by atoms with van der Waals surface area (Å²) in [6.45, 7) is -1.68. The molecule has 17 heteroatoms. The van der Waals surface area contributed by atoms with Gasteiger partial charge in [-0.25, -0.2) is 0 Å². The number of carbonyl (C=O) groups is 2. The van der Waals surface area contributed by atoms with Gasteiger partial charge < -0.3 is 65.4 Å². The number of aromatic hydroxyl groups is 1. The van der Waals surface area contributed by atoms with Gasteiger partial charge >= 0.3 is 0 Å². The SMILES string of the molecule is NOC1=C(C2O[C@H](CO)[C@@H](O)[C@H](O)[C@H]2O)C(=O)C(C(=O)/C=C/c2ccc(O)cc2)=C(O)C1(O)C1O[C@H](CO)[C@@H](I)[C@H](O)[C@H]1O. The molecule has 0 aromatic heterocycles. The molecular formula is C27H32INO15. The van der Waals surface area contributed by atoms with Gasteiger partial charge in [-0.3, -0.25) is 9.59 Å². The number of ether oxygens (including phenoxy) is 2. The maximum Gasteiger partial charge on any atom is 0.211 e. The van der Waals surface area contributed by atoms with Gasteiger partial charge in [-0.2, -0.15) is 5.90 Å². The molecule has 242 valence electrons. The predicted molar refractivity (Wildman–Crippen MR) is 153 cm³/mol. The van der Waals surface area contributed by atoms with E-state index in [9.17, 15) is 60.7 Å². The lowest BCUT2D eigenvalue weighted by molar-refractivity contribution is -0.231. The van der Waals surface area contributed by atoms with E-state index in [1.807, 2.05) is 0 Å². The Hall–Kier alpha value is -2.53. The summed E-state index contributed by atoms with van der Waals surface area (Å²) in [5.41, 5.74) is -5.04. The first-order chi connectivity index (χ1) is 20.7. The Labute approximate surface area is 262 Å². The van der Waals surface area contributed by atoms with Crippen LogP contribution >= 0.6 is 22.6 Å². The number of allylic oxidation sites excluding steroid dienone is 2. The Bertz CT molecular complexity index is 1340. The summed E-state index contributed by atoms with van der Waals surface area (Å²) in [7, 11) is 0. The van der Waals surface area contributed by atoms with Gasteiger partial charge in [0.25, 0.3) is 0 Å². The zero-order valence-corrected chi connectivity index (χ0v) is 24.8. The van der Waals surface area contributed by atoms with E-state index in [1.54, 1.807) is 22.6 Å². The minimum absolute atomic E-state index is 0.0758. The van der Waals surface area contributed by atoms with Crippen LogP contribution in [-0.2, 0) is 23.9 Å². The molecule has 0 radical (unpaired) electrons. The van der Waals surface area contributed by atoms with Crippen LogP contribution in [0.5, 0.6) is 5.75 Å². The normalized spacial score (nSPS) is 38.4. The largest absolute Gasteiger partial charge is 0.508 e. The summed E-state index contributed by atoms with van der Waals surface area (Å²) >= 11 is 1.67. The summed E-state index contributed by atoms with van der Waals surface area (Å²) in [5.74, 6) is 0.114. The van der Waals surface area contributed by atoms with E-state index in [0.717, 1.165) is 6.08 Å². The van der Waals surface area contributed by atoms with Crippen molar-refractivity contribution in [1.82, 2.24) is 0 Å². The lowest BCUT2D eigenvalue weighted by atomic mass is 9.72. The maximum absolute atomic E-state index is 13.9. The van der Waals surface area contributed by atoms with Crippen LogP contribution in [0.15, 0.2) is 53.0 Å².